The standard InChI is InChI=1S/C18H30N4O3.HI/c1-4-10-20-17(23)14-21-18(19-5-2)22-15-8-6-9-16(13-15)25-12-7-11-24-3;/h6,8-9,13H,4-5,7,10-12,14H2,1-3H3,(H,20,23)(H2,19,21,22);1H. The predicted octanol–water partition coefficient (Wildman–Crippen LogP) is 2.62. The highest BCUT2D eigenvalue weighted by Gasteiger charge is 2.03. The van der Waals surface area contributed by atoms with Crippen LogP contribution in [0.2, 0.25) is 0 Å². The minimum Gasteiger partial charge on any atom is -0.493 e. The van der Waals surface area contributed by atoms with Gasteiger partial charge in [0.25, 0.3) is 0 Å². The molecule has 0 aliphatic heterocycles. The van der Waals surface area contributed by atoms with E-state index < -0.39 is 0 Å². The fraction of sp³-hybridized carbons (Fsp3) is 0.556. The van der Waals surface area contributed by atoms with E-state index in [0.717, 1.165) is 24.3 Å². The van der Waals surface area contributed by atoms with E-state index in [0.29, 0.717) is 32.3 Å². The van der Waals surface area contributed by atoms with Crippen LogP contribution in [0.3, 0.4) is 0 Å². The van der Waals surface area contributed by atoms with E-state index in [1.165, 1.54) is 0 Å². The van der Waals surface area contributed by atoms with Crippen LogP contribution in [0, 0.1) is 0 Å². The summed E-state index contributed by atoms with van der Waals surface area (Å²) in [5, 5.41) is 9.12. The molecule has 0 aromatic heterocycles. The first-order valence-corrected chi connectivity index (χ1v) is 8.73. The maximum atomic E-state index is 11.7. The third kappa shape index (κ3) is 11.1. The second kappa shape index (κ2) is 15.7. The second-order valence-electron chi connectivity index (χ2n) is 5.39. The van der Waals surface area contributed by atoms with E-state index in [1.807, 2.05) is 38.1 Å². The third-order valence-corrected chi connectivity index (χ3v) is 3.16. The minimum atomic E-state index is -0.0886. The molecule has 148 valence electrons. The highest BCUT2D eigenvalue weighted by atomic mass is 127. The first kappa shape index (κ1) is 24.5. The van der Waals surface area contributed by atoms with Gasteiger partial charge in [-0.3, -0.25) is 4.79 Å². The molecule has 0 fully saturated rings. The van der Waals surface area contributed by atoms with Crippen LogP contribution in [-0.4, -0.2) is 51.8 Å². The van der Waals surface area contributed by atoms with Gasteiger partial charge in [0.2, 0.25) is 5.91 Å². The lowest BCUT2D eigenvalue weighted by Crippen LogP contribution is -2.33. The van der Waals surface area contributed by atoms with Crippen molar-refractivity contribution in [1.29, 1.82) is 0 Å². The lowest BCUT2D eigenvalue weighted by Gasteiger charge is -2.13. The van der Waals surface area contributed by atoms with Crippen LogP contribution in [0.1, 0.15) is 26.7 Å². The number of benzene rings is 1. The van der Waals surface area contributed by atoms with Crippen LogP contribution in [0.25, 0.3) is 0 Å². The molecule has 8 heteroatoms. The lowest BCUT2D eigenvalue weighted by atomic mass is 10.3. The van der Waals surface area contributed by atoms with E-state index in [2.05, 4.69) is 20.9 Å². The van der Waals surface area contributed by atoms with Crippen LogP contribution in [0.4, 0.5) is 5.69 Å². The van der Waals surface area contributed by atoms with Gasteiger partial charge in [0.1, 0.15) is 12.3 Å². The van der Waals surface area contributed by atoms with E-state index in [4.69, 9.17) is 9.47 Å². The Labute approximate surface area is 173 Å². The van der Waals surface area contributed by atoms with Crippen molar-refractivity contribution in [3.63, 3.8) is 0 Å². The number of halogens is 1. The molecule has 1 aromatic carbocycles. The number of nitrogens with zero attached hydrogens (tertiary/aromatic N) is 1. The van der Waals surface area contributed by atoms with Crippen molar-refractivity contribution in [1.82, 2.24) is 10.6 Å². The first-order valence-electron chi connectivity index (χ1n) is 8.73. The number of carbonyl (C=O) groups excluding carboxylic acids is 1. The van der Waals surface area contributed by atoms with Gasteiger partial charge < -0.3 is 25.4 Å². The molecule has 0 spiro atoms. The number of nitrogens with one attached hydrogen (secondary N) is 3. The Hall–Kier alpha value is -1.55. The lowest BCUT2D eigenvalue weighted by molar-refractivity contribution is -0.119. The number of ether oxygens (including phenoxy) is 2. The summed E-state index contributed by atoms with van der Waals surface area (Å²) >= 11 is 0. The molecule has 0 aliphatic carbocycles. The zero-order chi connectivity index (χ0) is 18.3. The van der Waals surface area contributed by atoms with Crippen LogP contribution in [0.15, 0.2) is 29.3 Å². The Balaban J connectivity index is 0.00000625. The van der Waals surface area contributed by atoms with Crippen LogP contribution in [0.5, 0.6) is 5.75 Å². The maximum Gasteiger partial charge on any atom is 0.241 e. The Morgan fingerprint density at radius 1 is 1.19 bits per heavy atom. The fourth-order valence-corrected chi connectivity index (χ4v) is 1.97. The van der Waals surface area contributed by atoms with Gasteiger partial charge in [-0.2, -0.15) is 0 Å². The minimum absolute atomic E-state index is 0. The average molecular weight is 478 g/mol. The molecule has 3 N–H and O–H groups in total. The first-order chi connectivity index (χ1) is 12.2. The monoisotopic (exact) mass is 478 g/mol. The number of anilines is 1. The summed E-state index contributed by atoms with van der Waals surface area (Å²) in [6.45, 7) is 6.72. The summed E-state index contributed by atoms with van der Waals surface area (Å²) in [6, 6.07) is 7.63. The van der Waals surface area contributed by atoms with Gasteiger partial charge in [-0.15, -0.1) is 24.0 Å². The Kier molecular flexibility index (Phi) is 14.8. The Morgan fingerprint density at radius 3 is 2.69 bits per heavy atom. The Bertz CT molecular complexity index is 541. The van der Waals surface area contributed by atoms with Gasteiger partial charge in [0.15, 0.2) is 5.96 Å². The number of hydrogen-bond donors (Lipinski definition) is 3. The number of carbonyl (C=O) groups is 1. The number of methoxy groups -OCH3 is 1. The largest absolute Gasteiger partial charge is 0.493 e. The van der Waals surface area contributed by atoms with Gasteiger partial charge in [0.05, 0.1) is 6.61 Å². The number of amides is 1. The van der Waals surface area contributed by atoms with Crippen molar-refractivity contribution < 1.29 is 14.3 Å². The van der Waals surface area contributed by atoms with E-state index in [-0.39, 0.29) is 36.4 Å². The third-order valence-electron chi connectivity index (χ3n) is 3.16. The summed E-state index contributed by atoms with van der Waals surface area (Å²) in [5.41, 5.74) is 0.845. The van der Waals surface area contributed by atoms with Gasteiger partial charge in [-0.25, -0.2) is 4.99 Å². The summed E-state index contributed by atoms with van der Waals surface area (Å²) in [6.07, 6.45) is 1.75. The topological polar surface area (TPSA) is 84.0 Å². The second-order valence-corrected chi connectivity index (χ2v) is 5.39. The maximum absolute atomic E-state index is 11.7. The molecule has 0 radical (unpaired) electrons. The van der Waals surface area contributed by atoms with Crippen LogP contribution in [-0.2, 0) is 9.53 Å². The van der Waals surface area contributed by atoms with E-state index >= 15 is 0 Å². The van der Waals surface area contributed by atoms with Crippen LogP contribution < -0.4 is 20.7 Å². The number of rotatable bonds is 11. The summed E-state index contributed by atoms with van der Waals surface area (Å²) < 4.78 is 10.7. The van der Waals surface area contributed by atoms with Gasteiger partial charge >= 0.3 is 0 Å². The molecule has 1 amide bonds. The van der Waals surface area contributed by atoms with Crippen molar-refractivity contribution in [3.05, 3.63) is 24.3 Å². The van der Waals surface area contributed by atoms with Crippen molar-refractivity contribution in [2.45, 2.75) is 26.7 Å². The normalized spacial score (nSPS) is 10.7. The highest BCUT2D eigenvalue weighted by molar-refractivity contribution is 14.0. The molecule has 0 bridgehead atoms. The molecule has 1 aromatic rings. The molecule has 0 aliphatic rings. The van der Waals surface area contributed by atoms with E-state index in [1.54, 1.807) is 7.11 Å². The number of aliphatic imine (C=N–C) groups is 1. The SMILES string of the molecule is CCCNC(=O)CN=C(NCC)Nc1cccc(OCCCOC)c1.I. The molecule has 1 rings (SSSR count). The smallest absolute Gasteiger partial charge is 0.241 e. The molecular weight excluding hydrogens is 447 g/mol. The summed E-state index contributed by atoms with van der Waals surface area (Å²) in [5.74, 6) is 1.25. The van der Waals surface area contributed by atoms with Gasteiger partial charge in [-0.05, 0) is 25.5 Å². The van der Waals surface area contributed by atoms with Crippen molar-refractivity contribution >= 4 is 41.5 Å². The van der Waals surface area contributed by atoms with Crippen molar-refractivity contribution in [3.8, 4) is 5.75 Å². The number of hydrogen-bond acceptors (Lipinski definition) is 4. The van der Waals surface area contributed by atoms with Gasteiger partial charge in [-0.1, -0.05) is 13.0 Å². The fourth-order valence-electron chi connectivity index (χ4n) is 1.97. The molecule has 0 heterocycles. The average Bonchev–Trinajstić information content (AvgIpc) is 2.62. The van der Waals surface area contributed by atoms with Crippen LogP contribution >= 0.6 is 24.0 Å². The van der Waals surface area contributed by atoms with Crippen molar-refractivity contribution in [2.75, 3.05) is 45.3 Å². The van der Waals surface area contributed by atoms with E-state index in [9.17, 15) is 4.79 Å². The van der Waals surface area contributed by atoms with Gasteiger partial charge in [0, 0.05) is 45.0 Å². The highest BCUT2D eigenvalue weighted by Crippen LogP contribution is 2.17. The quantitative estimate of drug-likeness (QED) is 0.197. The zero-order valence-corrected chi connectivity index (χ0v) is 18.2. The molecule has 0 atom stereocenters. The molecule has 0 unspecified atom stereocenters. The molecule has 7 nitrogen and oxygen atoms in total. The summed E-state index contributed by atoms with van der Waals surface area (Å²) in [7, 11) is 1.68. The predicted molar refractivity (Wildman–Crippen MR) is 117 cm³/mol. The number of guanidine groups is 1. The molecule has 0 saturated heterocycles. The molecule has 26 heavy (non-hydrogen) atoms. The Morgan fingerprint density at radius 2 is 2.00 bits per heavy atom. The summed E-state index contributed by atoms with van der Waals surface area (Å²) in [4.78, 5) is 16.0. The molecular formula is C18H31IN4O3. The molecule has 0 saturated carbocycles. The van der Waals surface area contributed by atoms with Crippen molar-refractivity contribution in [2.24, 2.45) is 4.99 Å². The zero-order valence-electron chi connectivity index (χ0n) is 15.8.